The molecule has 0 radical (unpaired) electrons. The summed E-state index contributed by atoms with van der Waals surface area (Å²) in [4.78, 5) is 10.1. The van der Waals surface area contributed by atoms with Crippen molar-refractivity contribution in [2.45, 2.75) is 13.3 Å². The van der Waals surface area contributed by atoms with Gasteiger partial charge >= 0.3 is 5.97 Å². The highest BCUT2D eigenvalue weighted by Crippen LogP contribution is 1.85. The maximum absolute atomic E-state index is 10.1. The highest BCUT2D eigenvalue weighted by molar-refractivity contribution is 5.68. The summed E-state index contributed by atoms with van der Waals surface area (Å²) in [5, 5.41) is 8.29. The largest absolute Gasteiger partial charge is 0.481 e. The first kappa shape index (κ1) is 11.4. The van der Waals surface area contributed by atoms with Crippen LogP contribution < -0.4 is 0 Å². The molecule has 70 valence electrons. The molecular weight excluding hydrogens is 164 g/mol. The van der Waals surface area contributed by atoms with Crippen molar-refractivity contribution < 1.29 is 9.90 Å². The number of hydrogen-bond acceptors (Lipinski definition) is 1. The second kappa shape index (κ2) is 8.53. The topological polar surface area (TPSA) is 37.3 Å². The molecule has 0 aromatic heterocycles. The first-order valence-corrected chi connectivity index (χ1v) is 4.10. The molecule has 0 fully saturated rings. The molecule has 0 rings (SSSR count). The summed E-state index contributed by atoms with van der Waals surface area (Å²) < 4.78 is 0. The fourth-order valence-electron chi connectivity index (χ4n) is 0.615. The Balaban J connectivity index is 3.62. The lowest BCUT2D eigenvalue weighted by atomic mass is 10.3. The van der Waals surface area contributed by atoms with E-state index >= 15 is 0 Å². The second-order valence-electron chi connectivity index (χ2n) is 2.32. The van der Waals surface area contributed by atoms with E-state index in [0.29, 0.717) is 0 Å². The van der Waals surface area contributed by atoms with E-state index in [1.54, 1.807) is 18.2 Å². The minimum absolute atomic E-state index is 0.0723. The molecule has 13 heavy (non-hydrogen) atoms. The molecule has 2 heteroatoms. The van der Waals surface area contributed by atoms with Crippen LogP contribution in [0, 0.1) is 0 Å². The smallest absolute Gasteiger partial charge is 0.307 e. The molecule has 1 N–H and O–H groups in total. The summed E-state index contributed by atoms with van der Waals surface area (Å²) in [6.07, 6.45) is 14.7. The summed E-state index contributed by atoms with van der Waals surface area (Å²) in [6.45, 7) is 1.95. The Morgan fingerprint density at radius 1 is 1.08 bits per heavy atom. The summed E-state index contributed by atoms with van der Waals surface area (Å²) in [7, 11) is 0. The van der Waals surface area contributed by atoms with Crippen LogP contribution in [0.25, 0.3) is 0 Å². The summed E-state index contributed by atoms with van der Waals surface area (Å²) in [5.74, 6) is -0.811. The first-order valence-electron chi connectivity index (χ1n) is 4.10. The van der Waals surface area contributed by atoms with Crippen LogP contribution in [0.1, 0.15) is 13.3 Å². The quantitative estimate of drug-likeness (QED) is 0.657. The van der Waals surface area contributed by atoms with Crippen molar-refractivity contribution in [3.8, 4) is 0 Å². The normalized spacial score (nSPS) is 12.7. The second-order valence-corrected chi connectivity index (χ2v) is 2.32. The van der Waals surface area contributed by atoms with E-state index in [1.165, 1.54) is 0 Å². The van der Waals surface area contributed by atoms with Crippen LogP contribution >= 0.6 is 0 Å². The van der Waals surface area contributed by atoms with Gasteiger partial charge in [-0.2, -0.15) is 0 Å². The van der Waals surface area contributed by atoms with Crippen LogP contribution in [0.2, 0.25) is 0 Å². The zero-order valence-electron chi connectivity index (χ0n) is 7.68. The molecule has 0 aliphatic heterocycles. The molecule has 0 heterocycles. The van der Waals surface area contributed by atoms with E-state index in [9.17, 15) is 4.79 Å². The van der Waals surface area contributed by atoms with Crippen molar-refractivity contribution in [3.05, 3.63) is 48.6 Å². The van der Waals surface area contributed by atoms with Crippen molar-refractivity contribution in [1.82, 2.24) is 0 Å². The van der Waals surface area contributed by atoms with Crippen molar-refractivity contribution in [2.75, 3.05) is 0 Å². The molecule has 0 bridgehead atoms. The monoisotopic (exact) mass is 178 g/mol. The number of allylic oxidation sites excluding steroid dienone is 7. The van der Waals surface area contributed by atoms with Crippen LogP contribution in [0.3, 0.4) is 0 Å². The lowest BCUT2D eigenvalue weighted by Gasteiger charge is -1.79. The molecule has 0 aromatic rings. The van der Waals surface area contributed by atoms with E-state index in [1.807, 2.05) is 37.3 Å². The highest BCUT2D eigenvalue weighted by Gasteiger charge is 1.86. The molecule has 0 saturated heterocycles. The van der Waals surface area contributed by atoms with Gasteiger partial charge in [0.2, 0.25) is 0 Å². The van der Waals surface area contributed by atoms with Gasteiger partial charge in [-0.05, 0) is 6.92 Å². The van der Waals surface area contributed by atoms with Crippen LogP contribution in [0.5, 0.6) is 0 Å². The number of aliphatic carboxylic acids is 1. The molecule has 0 aliphatic carbocycles. The van der Waals surface area contributed by atoms with E-state index in [4.69, 9.17) is 5.11 Å². The van der Waals surface area contributed by atoms with E-state index in [0.717, 1.165) is 0 Å². The van der Waals surface area contributed by atoms with Crippen LogP contribution in [0.4, 0.5) is 0 Å². The van der Waals surface area contributed by atoms with Crippen molar-refractivity contribution >= 4 is 5.97 Å². The number of hydrogen-bond donors (Lipinski definition) is 1. The summed E-state index contributed by atoms with van der Waals surface area (Å²) >= 11 is 0. The Kier molecular flexibility index (Phi) is 7.50. The van der Waals surface area contributed by atoms with Crippen LogP contribution in [-0.4, -0.2) is 11.1 Å². The Labute approximate surface area is 78.6 Å². The molecule has 2 nitrogen and oxygen atoms in total. The minimum atomic E-state index is -0.811. The van der Waals surface area contributed by atoms with E-state index < -0.39 is 5.97 Å². The van der Waals surface area contributed by atoms with Crippen molar-refractivity contribution in [1.29, 1.82) is 0 Å². The molecule has 0 saturated carbocycles. The van der Waals surface area contributed by atoms with Gasteiger partial charge in [0.25, 0.3) is 0 Å². The predicted octanol–water partition coefficient (Wildman–Crippen LogP) is 2.71. The van der Waals surface area contributed by atoms with E-state index in [2.05, 4.69) is 0 Å². The average Bonchev–Trinajstić information content (AvgIpc) is 2.09. The molecule has 0 spiro atoms. The van der Waals surface area contributed by atoms with Gasteiger partial charge in [-0.25, -0.2) is 0 Å². The fraction of sp³-hybridized carbons (Fsp3) is 0.182. The Bertz CT molecular complexity index is 245. The van der Waals surface area contributed by atoms with Gasteiger partial charge in [0.1, 0.15) is 0 Å². The third kappa shape index (κ3) is 10.4. The maximum Gasteiger partial charge on any atom is 0.307 e. The Morgan fingerprint density at radius 2 is 1.62 bits per heavy atom. The first-order chi connectivity index (χ1) is 6.27. The highest BCUT2D eigenvalue weighted by atomic mass is 16.4. The third-order valence-corrected chi connectivity index (χ3v) is 1.18. The van der Waals surface area contributed by atoms with Crippen molar-refractivity contribution in [2.24, 2.45) is 0 Å². The van der Waals surface area contributed by atoms with E-state index in [-0.39, 0.29) is 6.42 Å². The maximum atomic E-state index is 10.1. The van der Waals surface area contributed by atoms with Gasteiger partial charge in [0, 0.05) is 0 Å². The Morgan fingerprint density at radius 3 is 2.15 bits per heavy atom. The zero-order chi connectivity index (χ0) is 9.94. The zero-order valence-corrected chi connectivity index (χ0v) is 7.68. The number of carboxylic acids is 1. The van der Waals surface area contributed by atoms with Gasteiger partial charge < -0.3 is 5.11 Å². The minimum Gasteiger partial charge on any atom is -0.481 e. The third-order valence-electron chi connectivity index (χ3n) is 1.18. The van der Waals surface area contributed by atoms with Gasteiger partial charge in [0.05, 0.1) is 6.42 Å². The summed E-state index contributed by atoms with van der Waals surface area (Å²) in [5.41, 5.74) is 0. The standard InChI is InChI=1S/C11H14O2/c1-2-3-4-5-6-7-8-9-10-11(12)13/h2-9H,10H2,1H3,(H,12,13)/b3-2+,5-4+,7-6+,9-8+. The molecular formula is C11H14O2. The van der Waals surface area contributed by atoms with Crippen LogP contribution in [-0.2, 0) is 4.79 Å². The molecule has 0 aliphatic rings. The van der Waals surface area contributed by atoms with Crippen molar-refractivity contribution in [3.63, 3.8) is 0 Å². The fourth-order valence-corrected chi connectivity index (χ4v) is 0.615. The SMILES string of the molecule is C/C=C/C=C/C=C/C=C/CC(=O)O. The predicted molar refractivity (Wildman–Crippen MR) is 54.5 cm³/mol. The number of carbonyl (C=O) groups is 1. The number of carboxylic acid groups (broad SMARTS) is 1. The summed E-state index contributed by atoms with van der Waals surface area (Å²) in [6, 6.07) is 0. The van der Waals surface area contributed by atoms with Gasteiger partial charge in [0.15, 0.2) is 0 Å². The molecule has 0 unspecified atom stereocenters. The van der Waals surface area contributed by atoms with Gasteiger partial charge in [-0.15, -0.1) is 0 Å². The molecule has 0 amide bonds. The van der Waals surface area contributed by atoms with Crippen LogP contribution in [0.15, 0.2) is 48.6 Å². The van der Waals surface area contributed by atoms with Gasteiger partial charge in [-0.3, -0.25) is 4.79 Å². The molecule has 0 aromatic carbocycles. The molecule has 0 atom stereocenters. The average molecular weight is 178 g/mol. The van der Waals surface area contributed by atoms with Gasteiger partial charge in [-0.1, -0.05) is 48.6 Å². The lowest BCUT2D eigenvalue weighted by molar-refractivity contribution is -0.135. The number of rotatable bonds is 5. The Hall–Kier alpha value is -1.57. The lowest BCUT2D eigenvalue weighted by Crippen LogP contribution is -1.89.